The summed E-state index contributed by atoms with van der Waals surface area (Å²) in [6, 6.07) is 17.7. The van der Waals surface area contributed by atoms with Crippen molar-refractivity contribution in [1.82, 2.24) is 9.55 Å². The first-order valence-electron chi connectivity index (χ1n) is 10.0. The summed E-state index contributed by atoms with van der Waals surface area (Å²) < 4.78 is 2.44. The molecule has 0 saturated heterocycles. The standard InChI is InChI=1S/C24H32N2/c1-6-18(4)16-26-23-10-8-7-9-22(23)25-24(26)19(5)21-13-11-20(12-14-21)15-17(2)3/h7-14,17-19H,6,15-16H2,1-5H3/t18-,19-/m1/s1. The van der Waals surface area contributed by atoms with Gasteiger partial charge in [-0.2, -0.15) is 0 Å². The van der Waals surface area contributed by atoms with E-state index in [4.69, 9.17) is 4.98 Å². The normalized spacial score (nSPS) is 14.1. The number of para-hydroxylation sites is 2. The van der Waals surface area contributed by atoms with Crippen LogP contribution in [-0.2, 0) is 13.0 Å². The van der Waals surface area contributed by atoms with Gasteiger partial charge in [0, 0.05) is 12.5 Å². The van der Waals surface area contributed by atoms with Gasteiger partial charge in [0.15, 0.2) is 0 Å². The fourth-order valence-corrected chi connectivity index (χ4v) is 3.62. The Morgan fingerprint density at radius 2 is 1.62 bits per heavy atom. The van der Waals surface area contributed by atoms with Crippen molar-refractivity contribution in [2.45, 2.75) is 59.9 Å². The number of imidazole rings is 1. The van der Waals surface area contributed by atoms with Crippen LogP contribution >= 0.6 is 0 Å². The molecule has 2 heteroatoms. The van der Waals surface area contributed by atoms with Crippen molar-refractivity contribution in [3.8, 4) is 0 Å². The minimum Gasteiger partial charge on any atom is -0.327 e. The maximum atomic E-state index is 5.01. The van der Waals surface area contributed by atoms with E-state index < -0.39 is 0 Å². The molecule has 0 fully saturated rings. The summed E-state index contributed by atoms with van der Waals surface area (Å²) in [7, 11) is 0. The van der Waals surface area contributed by atoms with Crippen LogP contribution in [0.1, 0.15) is 63.9 Å². The Labute approximate surface area is 158 Å². The number of hydrogen-bond donors (Lipinski definition) is 0. The van der Waals surface area contributed by atoms with Crippen LogP contribution < -0.4 is 0 Å². The Bertz CT molecular complexity index is 842. The Kier molecular flexibility index (Phi) is 5.80. The SMILES string of the molecule is CC[C@@H](C)Cn1c([C@H](C)c2ccc(CC(C)C)cc2)nc2ccccc21. The predicted molar refractivity (Wildman–Crippen MR) is 112 cm³/mol. The van der Waals surface area contributed by atoms with E-state index in [0.717, 1.165) is 18.5 Å². The Hall–Kier alpha value is -2.09. The molecule has 2 aromatic carbocycles. The molecule has 3 aromatic rings. The van der Waals surface area contributed by atoms with Crippen LogP contribution in [0.4, 0.5) is 0 Å². The van der Waals surface area contributed by atoms with Crippen molar-refractivity contribution in [3.63, 3.8) is 0 Å². The van der Waals surface area contributed by atoms with Crippen molar-refractivity contribution < 1.29 is 0 Å². The summed E-state index contributed by atoms with van der Waals surface area (Å²) in [5.41, 5.74) is 5.13. The van der Waals surface area contributed by atoms with Gasteiger partial charge in [-0.15, -0.1) is 0 Å². The second kappa shape index (κ2) is 8.07. The van der Waals surface area contributed by atoms with Gasteiger partial charge in [0.1, 0.15) is 5.82 Å². The molecule has 2 atom stereocenters. The third-order valence-electron chi connectivity index (χ3n) is 5.39. The predicted octanol–water partition coefficient (Wildman–Crippen LogP) is 6.43. The van der Waals surface area contributed by atoms with E-state index in [0.29, 0.717) is 17.8 Å². The number of benzene rings is 2. The highest BCUT2D eigenvalue weighted by Crippen LogP contribution is 2.29. The Balaban J connectivity index is 1.96. The monoisotopic (exact) mass is 348 g/mol. The molecule has 26 heavy (non-hydrogen) atoms. The molecule has 1 heterocycles. The molecule has 0 N–H and O–H groups in total. The summed E-state index contributed by atoms with van der Waals surface area (Å²) in [6.07, 6.45) is 2.32. The molecule has 0 aliphatic carbocycles. The second-order valence-electron chi connectivity index (χ2n) is 8.14. The molecule has 1 aromatic heterocycles. The van der Waals surface area contributed by atoms with E-state index in [-0.39, 0.29) is 0 Å². The fourth-order valence-electron chi connectivity index (χ4n) is 3.62. The van der Waals surface area contributed by atoms with Crippen molar-refractivity contribution >= 4 is 11.0 Å². The maximum Gasteiger partial charge on any atom is 0.117 e. The third kappa shape index (κ3) is 4.00. The van der Waals surface area contributed by atoms with Gasteiger partial charge in [-0.25, -0.2) is 4.98 Å². The van der Waals surface area contributed by atoms with Crippen LogP contribution in [0.2, 0.25) is 0 Å². The van der Waals surface area contributed by atoms with Crippen molar-refractivity contribution in [2.75, 3.05) is 0 Å². The second-order valence-corrected chi connectivity index (χ2v) is 8.14. The topological polar surface area (TPSA) is 17.8 Å². The molecule has 3 rings (SSSR count). The van der Waals surface area contributed by atoms with Gasteiger partial charge in [-0.1, -0.05) is 77.4 Å². The Morgan fingerprint density at radius 1 is 0.923 bits per heavy atom. The average Bonchev–Trinajstić information content (AvgIpc) is 2.99. The molecule has 138 valence electrons. The van der Waals surface area contributed by atoms with Gasteiger partial charge < -0.3 is 4.57 Å². The largest absolute Gasteiger partial charge is 0.327 e. The maximum absolute atomic E-state index is 5.01. The van der Waals surface area contributed by atoms with E-state index >= 15 is 0 Å². The quantitative estimate of drug-likeness (QED) is 0.481. The third-order valence-corrected chi connectivity index (χ3v) is 5.39. The lowest BCUT2D eigenvalue weighted by Gasteiger charge is -2.18. The lowest BCUT2D eigenvalue weighted by Crippen LogP contribution is -2.13. The summed E-state index contributed by atoms with van der Waals surface area (Å²) in [6.45, 7) is 12.4. The minimum atomic E-state index is 0.291. The van der Waals surface area contributed by atoms with Crippen LogP contribution in [0, 0.1) is 11.8 Å². The zero-order valence-electron chi connectivity index (χ0n) is 16.9. The smallest absolute Gasteiger partial charge is 0.117 e. The summed E-state index contributed by atoms with van der Waals surface area (Å²) >= 11 is 0. The van der Waals surface area contributed by atoms with Crippen LogP contribution in [-0.4, -0.2) is 9.55 Å². The first-order valence-corrected chi connectivity index (χ1v) is 10.0. The molecule has 0 bridgehead atoms. The van der Waals surface area contributed by atoms with Gasteiger partial charge in [0.05, 0.1) is 11.0 Å². The van der Waals surface area contributed by atoms with Gasteiger partial charge in [0.2, 0.25) is 0 Å². The van der Waals surface area contributed by atoms with Crippen LogP contribution in [0.15, 0.2) is 48.5 Å². The molecule has 0 aliphatic rings. The van der Waals surface area contributed by atoms with Crippen molar-refractivity contribution in [1.29, 1.82) is 0 Å². The first kappa shape index (κ1) is 18.7. The molecular formula is C24H32N2. The zero-order chi connectivity index (χ0) is 18.7. The Morgan fingerprint density at radius 3 is 2.27 bits per heavy atom. The van der Waals surface area contributed by atoms with Gasteiger partial charge in [-0.05, 0) is 41.5 Å². The van der Waals surface area contributed by atoms with Gasteiger partial charge in [0.25, 0.3) is 0 Å². The number of nitrogens with zero attached hydrogens (tertiary/aromatic N) is 2. The molecule has 0 spiro atoms. The number of hydrogen-bond acceptors (Lipinski definition) is 1. The average molecular weight is 349 g/mol. The lowest BCUT2D eigenvalue weighted by atomic mass is 9.96. The molecule has 0 aliphatic heterocycles. The molecule has 2 nitrogen and oxygen atoms in total. The van der Waals surface area contributed by atoms with Crippen LogP contribution in [0.5, 0.6) is 0 Å². The van der Waals surface area contributed by atoms with E-state index in [1.54, 1.807) is 0 Å². The summed E-state index contributed by atoms with van der Waals surface area (Å²) in [5.74, 6) is 2.81. The van der Waals surface area contributed by atoms with Crippen LogP contribution in [0.25, 0.3) is 11.0 Å². The number of rotatable bonds is 7. The number of aromatic nitrogens is 2. The molecule has 0 amide bonds. The molecular weight excluding hydrogens is 316 g/mol. The highest BCUT2D eigenvalue weighted by atomic mass is 15.1. The molecule has 0 radical (unpaired) electrons. The van der Waals surface area contributed by atoms with E-state index in [1.807, 2.05) is 0 Å². The summed E-state index contributed by atoms with van der Waals surface area (Å²) in [4.78, 5) is 5.01. The highest BCUT2D eigenvalue weighted by molar-refractivity contribution is 5.76. The van der Waals surface area contributed by atoms with Gasteiger partial charge in [-0.3, -0.25) is 0 Å². The van der Waals surface area contributed by atoms with E-state index in [1.165, 1.54) is 28.9 Å². The zero-order valence-corrected chi connectivity index (χ0v) is 16.9. The van der Waals surface area contributed by atoms with Crippen LogP contribution in [0.3, 0.4) is 0 Å². The van der Waals surface area contributed by atoms with Gasteiger partial charge >= 0.3 is 0 Å². The van der Waals surface area contributed by atoms with E-state index in [9.17, 15) is 0 Å². The summed E-state index contributed by atoms with van der Waals surface area (Å²) in [5, 5.41) is 0. The fraction of sp³-hybridized carbons (Fsp3) is 0.458. The molecule has 0 unspecified atom stereocenters. The van der Waals surface area contributed by atoms with E-state index in [2.05, 4.69) is 87.7 Å². The number of fused-ring (bicyclic) bond motifs is 1. The van der Waals surface area contributed by atoms with Crippen molar-refractivity contribution in [3.05, 3.63) is 65.5 Å². The van der Waals surface area contributed by atoms with Crippen molar-refractivity contribution in [2.24, 2.45) is 11.8 Å². The lowest BCUT2D eigenvalue weighted by molar-refractivity contribution is 0.462. The highest BCUT2D eigenvalue weighted by Gasteiger charge is 2.19. The minimum absolute atomic E-state index is 0.291. The molecule has 0 saturated carbocycles. The first-order chi connectivity index (χ1) is 12.5.